The molecule has 5 nitrogen and oxygen atoms in total. The molecule has 0 saturated carbocycles. The Labute approximate surface area is 151 Å². The molecule has 1 fully saturated rings. The van der Waals surface area contributed by atoms with Gasteiger partial charge in [-0.2, -0.15) is 0 Å². The van der Waals surface area contributed by atoms with Gasteiger partial charge in [0.1, 0.15) is 5.75 Å². The number of hydrogen-bond acceptors (Lipinski definition) is 4. The van der Waals surface area contributed by atoms with E-state index in [1.165, 1.54) is 24.0 Å². The number of benzene rings is 1. The van der Waals surface area contributed by atoms with E-state index in [1.54, 1.807) is 0 Å². The maximum absolute atomic E-state index is 12.0. The summed E-state index contributed by atoms with van der Waals surface area (Å²) in [6.07, 6.45) is 4.50. The average molecular weight is 345 g/mol. The summed E-state index contributed by atoms with van der Waals surface area (Å²) in [6, 6.07) is 6.58. The second-order valence-electron chi connectivity index (χ2n) is 7.15. The van der Waals surface area contributed by atoms with E-state index < -0.39 is 0 Å². The third-order valence-corrected chi connectivity index (χ3v) is 5.09. The van der Waals surface area contributed by atoms with E-state index >= 15 is 0 Å². The topological polar surface area (TPSA) is 44.8 Å². The summed E-state index contributed by atoms with van der Waals surface area (Å²) in [7, 11) is 0. The number of unbranched alkanes of at least 4 members (excludes halogenated alkanes) is 2. The third kappa shape index (κ3) is 5.44. The molecule has 3 rings (SSSR count). The van der Waals surface area contributed by atoms with Gasteiger partial charge in [0.05, 0.1) is 13.2 Å². The summed E-state index contributed by atoms with van der Waals surface area (Å²) < 4.78 is 5.58. The van der Waals surface area contributed by atoms with Crippen LogP contribution in [-0.2, 0) is 17.8 Å². The summed E-state index contributed by atoms with van der Waals surface area (Å²) in [5.74, 6) is 1.22. The Morgan fingerprint density at radius 1 is 1.16 bits per heavy atom. The maximum atomic E-state index is 12.0. The van der Waals surface area contributed by atoms with Crippen LogP contribution in [0.25, 0.3) is 0 Å². The Morgan fingerprint density at radius 3 is 2.76 bits per heavy atom. The number of rotatable bonds is 8. The molecule has 0 bridgehead atoms. The Morgan fingerprint density at radius 2 is 1.96 bits per heavy atom. The number of nitrogens with one attached hydrogen (secondary N) is 1. The molecule has 1 aromatic carbocycles. The van der Waals surface area contributed by atoms with Crippen LogP contribution < -0.4 is 10.1 Å². The lowest BCUT2D eigenvalue weighted by molar-refractivity contribution is -0.122. The van der Waals surface area contributed by atoms with Gasteiger partial charge in [0, 0.05) is 45.7 Å². The van der Waals surface area contributed by atoms with E-state index in [-0.39, 0.29) is 5.91 Å². The van der Waals surface area contributed by atoms with Crippen LogP contribution in [0, 0.1) is 0 Å². The van der Waals surface area contributed by atoms with E-state index in [0.29, 0.717) is 6.54 Å². The first-order valence-electron chi connectivity index (χ1n) is 9.70. The standard InChI is InChI=1S/C20H31N3O2/c1-2-3-4-8-21-20(24)16-23-11-9-22(10-12-23)15-17-5-6-19-18(14-17)7-13-25-19/h5-6,14H,2-4,7-13,15-16H2,1H3,(H,21,24). The molecule has 2 heterocycles. The summed E-state index contributed by atoms with van der Waals surface area (Å²) in [6.45, 7) is 9.32. The van der Waals surface area contributed by atoms with Crippen LogP contribution in [0.5, 0.6) is 5.75 Å². The molecule has 138 valence electrons. The number of ether oxygens (including phenoxy) is 1. The van der Waals surface area contributed by atoms with Crippen molar-refractivity contribution in [2.75, 3.05) is 45.9 Å². The van der Waals surface area contributed by atoms with Gasteiger partial charge in [-0.3, -0.25) is 14.6 Å². The van der Waals surface area contributed by atoms with Crippen molar-refractivity contribution in [2.24, 2.45) is 0 Å². The lowest BCUT2D eigenvalue weighted by atomic mass is 10.1. The zero-order valence-electron chi connectivity index (χ0n) is 15.4. The van der Waals surface area contributed by atoms with E-state index in [2.05, 4.69) is 40.2 Å². The van der Waals surface area contributed by atoms with Crippen molar-refractivity contribution in [2.45, 2.75) is 39.2 Å². The van der Waals surface area contributed by atoms with Crippen molar-refractivity contribution in [3.63, 3.8) is 0 Å². The molecular weight excluding hydrogens is 314 g/mol. The van der Waals surface area contributed by atoms with Crippen LogP contribution in [0.3, 0.4) is 0 Å². The molecule has 1 amide bonds. The predicted molar refractivity (Wildman–Crippen MR) is 99.9 cm³/mol. The first kappa shape index (κ1) is 18.2. The van der Waals surface area contributed by atoms with Crippen LogP contribution in [0.15, 0.2) is 18.2 Å². The summed E-state index contributed by atoms with van der Waals surface area (Å²) >= 11 is 0. The highest BCUT2D eigenvalue weighted by molar-refractivity contribution is 5.77. The Kier molecular flexibility index (Phi) is 6.70. The van der Waals surface area contributed by atoms with Crippen molar-refractivity contribution in [3.8, 4) is 5.75 Å². The highest BCUT2D eigenvalue weighted by Crippen LogP contribution is 2.26. The molecule has 2 aliphatic rings. The van der Waals surface area contributed by atoms with Crippen LogP contribution in [0.2, 0.25) is 0 Å². The molecule has 0 unspecified atom stereocenters. The SMILES string of the molecule is CCCCCNC(=O)CN1CCN(Cc2ccc3c(c2)CCO3)CC1. The number of amides is 1. The predicted octanol–water partition coefficient (Wildman–Crippen LogP) is 2.05. The molecule has 0 spiro atoms. The number of hydrogen-bond donors (Lipinski definition) is 1. The minimum Gasteiger partial charge on any atom is -0.493 e. The monoisotopic (exact) mass is 345 g/mol. The minimum atomic E-state index is 0.170. The highest BCUT2D eigenvalue weighted by atomic mass is 16.5. The number of carbonyl (C=O) groups is 1. The molecule has 25 heavy (non-hydrogen) atoms. The van der Waals surface area contributed by atoms with E-state index in [4.69, 9.17) is 4.74 Å². The molecular formula is C20H31N3O2. The zero-order valence-corrected chi connectivity index (χ0v) is 15.4. The average Bonchev–Trinajstić information content (AvgIpc) is 3.08. The van der Waals surface area contributed by atoms with Gasteiger partial charge in [0.2, 0.25) is 5.91 Å². The molecule has 1 saturated heterocycles. The van der Waals surface area contributed by atoms with Gasteiger partial charge in [-0.25, -0.2) is 0 Å². The third-order valence-electron chi connectivity index (χ3n) is 5.09. The Bertz CT molecular complexity index is 568. The molecule has 0 atom stereocenters. The van der Waals surface area contributed by atoms with Gasteiger partial charge in [-0.15, -0.1) is 0 Å². The van der Waals surface area contributed by atoms with Crippen molar-refractivity contribution >= 4 is 5.91 Å². The highest BCUT2D eigenvalue weighted by Gasteiger charge is 2.19. The summed E-state index contributed by atoms with van der Waals surface area (Å²) in [5.41, 5.74) is 2.71. The maximum Gasteiger partial charge on any atom is 0.234 e. The second-order valence-corrected chi connectivity index (χ2v) is 7.15. The molecule has 1 N–H and O–H groups in total. The van der Waals surface area contributed by atoms with Gasteiger partial charge in [0.15, 0.2) is 0 Å². The first-order chi connectivity index (χ1) is 12.2. The second kappa shape index (κ2) is 9.20. The number of nitrogens with zero attached hydrogens (tertiary/aromatic N) is 2. The van der Waals surface area contributed by atoms with E-state index in [0.717, 1.165) is 64.5 Å². The normalized spacial score (nSPS) is 18.0. The molecule has 1 aromatic rings. The van der Waals surface area contributed by atoms with Gasteiger partial charge < -0.3 is 10.1 Å². The van der Waals surface area contributed by atoms with Crippen LogP contribution >= 0.6 is 0 Å². The van der Waals surface area contributed by atoms with Crippen LogP contribution in [0.4, 0.5) is 0 Å². The Hall–Kier alpha value is -1.59. The van der Waals surface area contributed by atoms with Crippen LogP contribution in [0.1, 0.15) is 37.3 Å². The summed E-state index contributed by atoms with van der Waals surface area (Å²) in [4.78, 5) is 16.7. The van der Waals surface area contributed by atoms with Gasteiger partial charge >= 0.3 is 0 Å². The number of carbonyl (C=O) groups excluding carboxylic acids is 1. The van der Waals surface area contributed by atoms with Gasteiger partial charge in [-0.05, 0) is 23.6 Å². The fourth-order valence-electron chi connectivity index (χ4n) is 3.56. The minimum absolute atomic E-state index is 0.170. The zero-order chi connectivity index (χ0) is 17.5. The van der Waals surface area contributed by atoms with E-state index in [9.17, 15) is 4.79 Å². The lowest BCUT2D eigenvalue weighted by Crippen LogP contribution is -2.49. The van der Waals surface area contributed by atoms with Gasteiger partial charge in [0.25, 0.3) is 0 Å². The van der Waals surface area contributed by atoms with Crippen molar-refractivity contribution in [1.82, 2.24) is 15.1 Å². The van der Waals surface area contributed by atoms with Crippen LogP contribution in [-0.4, -0.2) is 61.6 Å². The van der Waals surface area contributed by atoms with Crippen molar-refractivity contribution < 1.29 is 9.53 Å². The smallest absolute Gasteiger partial charge is 0.234 e. The van der Waals surface area contributed by atoms with Crippen molar-refractivity contribution in [3.05, 3.63) is 29.3 Å². The number of piperazine rings is 1. The fourth-order valence-corrected chi connectivity index (χ4v) is 3.56. The molecule has 0 aromatic heterocycles. The van der Waals surface area contributed by atoms with Gasteiger partial charge in [-0.1, -0.05) is 31.9 Å². The molecule has 2 aliphatic heterocycles. The fraction of sp³-hybridized carbons (Fsp3) is 0.650. The largest absolute Gasteiger partial charge is 0.493 e. The number of fused-ring (bicyclic) bond motifs is 1. The molecule has 5 heteroatoms. The first-order valence-corrected chi connectivity index (χ1v) is 9.70. The molecule has 0 aliphatic carbocycles. The summed E-state index contributed by atoms with van der Waals surface area (Å²) in [5, 5.41) is 3.03. The Balaban J connectivity index is 1.36. The van der Waals surface area contributed by atoms with Crippen molar-refractivity contribution in [1.29, 1.82) is 0 Å². The molecule has 0 radical (unpaired) electrons. The quantitative estimate of drug-likeness (QED) is 0.733. The van der Waals surface area contributed by atoms with E-state index in [1.807, 2.05) is 0 Å². The lowest BCUT2D eigenvalue weighted by Gasteiger charge is -2.34.